The van der Waals surface area contributed by atoms with Crippen LogP contribution in [0, 0.1) is 0 Å². The van der Waals surface area contributed by atoms with E-state index in [-0.39, 0.29) is 11.6 Å². The van der Waals surface area contributed by atoms with Gasteiger partial charge in [0.25, 0.3) is 0 Å². The number of halogens is 1. The lowest BCUT2D eigenvalue weighted by Gasteiger charge is -2.45. The fraction of sp³-hybridized carbons (Fsp3) is 0.304. The van der Waals surface area contributed by atoms with Crippen molar-refractivity contribution < 1.29 is 35.0 Å². The lowest BCUT2D eigenvalue weighted by atomic mass is 9.87. The van der Waals surface area contributed by atoms with E-state index in [1.165, 1.54) is 12.1 Å². The Hall–Kier alpha value is -2.63. The molecular weight excluding hydrogens is 452 g/mol. The Balaban J connectivity index is 1.55. The van der Waals surface area contributed by atoms with Crippen molar-refractivity contribution in [2.75, 3.05) is 6.61 Å². The van der Waals surface area contributed by atoms with Gasteiger partial charge in [0.15, 0.2) is 0 Å². The minimum atomic E-state index is -2.35. The van der Waals surface area contributed by atoms with Gasteiger partial charge in [-0.25, -0.2) is 9.97 Å². The predicted octanol–water partition coefficient (Wildman–Crippen LogP) is 1.13. The third-order valence-electron chi connectivity index (χ3n) is 5.49. The van der Waals surface area contributed by atoms with Crippen LogP contribution in [0.1, 0.15) is 16.7 Å². The second-order valence-corrected chi connectivity index (χ2v) is 8.13. The highest BCUT2D eigenvalue weighted by atomic mass is 35.5. The fourth-order valence-electron chi connectivity index (χ4n) is 3.66. The molecule has 0 spiro atoms. The lowest BCUT2D eigenvalue weighted by molar-refractivity contribution is -0.357. The molecule has 10 heteroatoms. The van der Waals surface area contributed by atoms with Crippen molar-refractivity contribution in [2.24, 2.45) is 0 Å². The topological polar surface area (TPSA) is 145 Å². The molecule has 9 nitrogen and oxygen atoms in total. The van der Waals surface area contributed by atoms with Crippen molar-refractivity contribution in [1.29, 1.82) is 0 Å². The van der Waals surface area contributed by atoms with E-state index in [1.807, 2.05) is 12.1 Å². The number of nitrogens with zero attached hydrogens (tertiary/aromatic N) is 2. The van der Waals surface area contributed by atoms with Crippen LogP contribution in [0.3, 0.4) is 0 Å². The highest BCUT2D eigenvalue weighted by molar-refractivity contribution is 6.31. The third kappa shape index (κ3) is 4.85. The van der Waals surface area contributed by atoms with Crippen molar-refractivity contribution in [2.45, 2.75) is 36.6 Å². The molecular formula is C23H23ClN2O7. The number of ether oxygens (including phenoxy) is 2. The first-order chi connectivity index (χ1) is 15.8. The minimum Gasteiger partial charge on any atom is -0.424 e. The Morgan fingerprint density at radius 3 is 2.36 bits per heavy atom. The molecule has 5 N–H and O–H groups in total. The van der Waals surface area contributed by atoms with E-state index >= 15 is 0 Å². The van der Waals surface area contributed by atoms with Gasteiger partial charge in [-0.1, -0.05) is 29.8 Å². The number of hydrogen-bond donors (Lipinski definition) is 5. The molecule has 3 aromatic rings. The quantitative estimate of drug-likeness (QED) is 0.355. The van der Waals surface area contributed by atoms with E-state index in [1.54, 1.807) is 36.7 Å². The summed E-state index contributed by atoms with van der Waals surface area (Å²) in [5.74, 6) is -1.79. The van der Waals surface area contributed by atoms with Gasteiger partial charge in [0.05, 0.1) is 6.61 Å². The average molecular weight is 475 g/mol. The molecule has 2 aromatic carbocycles. The summed E-state index contributed by atoms with van der Waals surface area (Å²) in [6, 6.07) is 13.6. The molecule has 1 fully saturated rings. The lowest BCUT2D eigenvalue weighted by Crippen LogP contribution is -2.63. The normalized spacial score (nSPS) is 27.3. The van der Waals surface area contributed by atoms with Gasteiger partial charge in [0.2, 0.25) is 5.79 Å². The smallest absolute Gasteiger partial charge is 0.321 e. The van der Waals surface area contributed by atoms with E-state index in [0.29, 0.717) is 22.8 Å². The monoisotopic (exact) mass is 474 g/mol. The molecule has 4 rings (SSSR count). The van der Waals surface area contributed by atoms with Crippen molar-refractivity contribution in [3.05, 3.63) is 82.6 Å². The minimum absolute atomic E-state index is 0.125. The van der Waals surface area contributed by atoms with Crippen molar-refractivity contribution in [1.82, 2.24) is 9.97 Å². The maximum absolute atomic E-state index is 11.0. The van der Waals surface area contributed by atoms with Gasteiger partial charge in [-0.05, 0) is 47.9 Å². The van der Waals surface area contributed by atoms with E-state index in [2.05, 4.69) is 9.97 Å². The molecule has 1 saturated heterocycles. The van der Waals surface area contributed by atoms with E-state index in [9.17, 15) is 25.5 Å². The van der Waals surface area contributed by atoms with Crippen LogP contribution in [-0.2, 0) is 16.9 Å². The zero-order chi connectivity index (χ0) is 23.6. The van der Waals surface area contributed by atoms with Gasteiger partial charge in [0.1, 0.15) is 30.2 Å². The zero-order valence-electron chi connectivity index (χ0n) is 17.3. The average Bonchev–Trinajstić information content (AvgIpc) is 2.83. The molecule has 1 aromatic heterocycles. The number of benzene rings is 2. The first kappa shape index (κ1) is 23.5. The molecule has 0 radical (unpaired) electrons. The SMILES string of the molecule is OC[C@H]1O[C@@](O)(c2ccc(Cl)c(Cc3ccc(Oc4ncccn4)cc3)c2)[C@H](O)[C@@H](O)[C@@H]1O. The Labute approximate surface area is 194 Å². The van der Waals surface area contributed by atoms with Crippen LogP contribution < -0.4 is 4.74 Å². The van der Waals surface area contributed by atoms with Crippen LogP contribution >= 0.6 is 11.6 Å². The summed E-state index contributed by atoms with van der Waals surface area (Å²) in [6.07, 6.45) is -2.87. The number of hydrogen-bond acceptors (Lipinski definition) is 9. The second kappa shape index (κ2) is 9.70. The Kier molecular flexibility index (Phi) is 6.91. The van der Waals surface area contributed by atoms with Gasteiger partial charge in [0, 0.05) is 23.0 Å². The fourth-order valence-corrected chi connectivity index (χ4v) is 3.85. The van der Waals surface area contributed by atoms with Gasteiger partial charge in [-0.2, -0.15) is 0 Å². The molecule has 1 aliphatic heterocycles. The summed E-state index contributed by atoms with van der Waals surface area (Å²) < 4.78 is 11.0. The van der Waals surface area contributed by atoms with Crippen LogP contribution in [0.25, 0.3) is 0 Å². The third-order valence-corrected chi connectivity index (χ3v) is 5.86. The summed E-state index contributed by atoms with van der Waals surface area (Å²) in [6.45, 7) is -0.657. The number of rotatable bonds is 6. The van der Waals surface area contributed by atoms with Crippen LogP contribution in [0.2, 0.25) is 5.02 Å². The summed E-state index contributed by atoms with van der Waals surface area (Å²) >= 11 is 6.36. The molecule has 174 valence electrons. The molecule has 0 unspecified atom stereocenters. The van der Waals surface area contributed by atoms with Gasteiger partial charge in [-0.15, -0.1) is 0 Å². The molecule has 0 aliphatic carbocycles. The highest BCUT2D eigenvalue weighted by Crippen LogP contribution is 2.38. The van der Waals surface area contributed by atoms with Crippen LogP contribution in [-0.4, -0.2) is 66.5 Å². The predicted molar refractivity (Wildman–Crippen MR) is 117 cm³/mol. The Morgan fingerprint density at radius 2 is 1.70 bits per heavy atom. The Bertz CT molecular complexity index is 1080. The molecule has 5 atom stereocenters. The summed E-state index contributed by atoms with van der Waals surface area (Å²) in [5, 5.41) is 51.4. The van der Waals surface area contributed by atoms with Crippen LogP contribution in [0.5, 0.6) is 11.8 Å². The van der Waals surface area contributed by atoms with Crippen molar-refractivity contribution in [3.8, 4) is 11.8 Å². The van der Waals surface area contributed by atoms with Crippen molar-refractivity contribution >= 4 is 11.6 Å². The van der Waals surface area contributed by atoms with E-state index in [0.717, 1.165) is 5.56 Å². The van der Waals surface area contributed by atoms with E-state index in [4.69, 9.17) is 21.1 Å². The summed E-state index contributed by atoms with van der Waals surface area (Å²) in [4.78, 5) is 8.02. The zero-order valence-corrected chi connectivity index (χ0v) is 18.1. The molecule has 33 heavy (non-hydrogen) atoms. The largest absolute Gasteiger partial charge is 0.424 e. The van der Waals surface area contributed by atoms with Crippen LogP contribution in [0.15, 0.2) is 60.9 Å². The maximum atomic E-state index is 11.0. The van der Waals surface area contributed by atoms with Gasteiger partial charge >= 0.3 is 6.01 Å². The van der Waals surface area contributed by atoms with Crippen molar-refractivity contribution in [3.63, 3.8) is 0 Å². The number of aromatic nitrogens is 2. The maximum Gasteiger partial charge on any atom is 0.321 e. The van der Waals surface area contributed by atoms with Gasteiger partial charge in [-0.3, -0.25) is 0 Å². The van der Waals surface area contributed by atoms with Gasteiger partial charge < -0.3 is 35.0 Å². The van der Waals surface area contributed by atoms with E-state index < -0.39 is 36.8 Å². The molecule has 0 amide bonds. The Morgan fingerprint density at radius 1 is 1.00 bits per heavy atom. The molecule has 0 bridgehead atoms. The first-order valence-corrected chi connectivity index (χ1v) is 10.6. The summed E-state index contributed by atoms with van der Waals surface area (Å²) in [5.41, 5.74) is 1.63. The number of aliphatic hydroxyl groups excluding tert-OH is 4. The number of aliphatic hydroxyl groups is 5. The summed E-state index contributed by atoms with van der Waals surface area (Å²) in [7, 11) is 0. The highest BCUT2D eigenvalue weighted by Gasteiger charge is 2.53. The first-order valence-electron chi connectivity index (χ1n) is 10.2. The van der Waals surface area contributed by atoms with Crippen LogP contribution in [0.4, 0.5) is 0 Å². The molecule has 2 heterocycles. The molecule has 1 aliphatic rings. The molecule has 0 saturated carbocycles. The standard InChI is InChI=1S/C23H23ClN2O7/c24-17-7-4-15(23(31)21(30)20(29)19(28)18(12-27)33-23)11-14(17)10-13-2-5-16(6-3-13)32-22-25-8-1-9-26-22/h1-9,11,18-21,27-31H,10,12H2/t18-,19-,20+,21-,23+/m1/s1. The second-order valence-electron chi connectivity index (χ2n) is 7.72.